The van der Waals surface area contributed by atoms with E-state index in [1.54, 1.807) is 18.2 Å². The summed E-state index contributed by atoms with van der Waals surface area (Å²) in [6.45, 7) is 0.0109. The molecule has 0 saturated heterocycles. The monoisotopic (exact) mass is 289 g/mol. The topological polar surface area (TPSA) is 50.1 Å². The highest BCUT2D eigenvalue weighted by Gasteiger charge is 2.09. The molecule has 0 atom stereocenters. The summed E-state index contributed by atoms with van der Waals surface area (Å²) in [5, 5.41) is 9.07. The van der Waals surface area contributed by atoms with Crippen LogP contribution in [-0.4, -0.2) is 6.29 Å². The molecule has 0 saturated carbocycles. The number of ether oxygens (including phenoxy) is 1. The minimum absolute atomic E-state index is 0.0109. The molecule has 5 heteroatoms. The molecule has 0 spiro atoms. The average Bonchev–Trinajstić information content (AvgIpc) is 2.45. The van der Waals surface area contributed by atoms with Crippen molar-refractivity contribution in [1.82, 2.24) is 0 Å². The number of carbonyl (C=O) groups is 1. The third-order valence-corrected chi connectivity index (χ3v) is 2.89. The Hall–Kier alpha value is -2.38. The molecule has 0 aromatic heterocycles. The lowest BCUT2D eigenvalue weighted by Crippen LogP contribution is -2.00. The fraction of sp³-hybridized carbons (Fsp3) is 0.0667. The number of nitriles is 1. The number of hydrogen-bond acceptors (Lipinski definition) is 3. The zero-order valence-electron chi connectivity index (χ0n) is 10.3. The normalized spacial score (nSPS) is 9.85. The highest BCUT2D eigenvalue weighted by atomic mass is 35.5. The van der Waals surface area contributed by atoms with Gasteiger partial charge < -0.3 is 4.74 Å². The first-order valence-electron chi connectivity index (χ1n) is 5.70. The van der Waals surface area contributed by atoms with Crippen molar-refractivity contribution in [3.05, 3.63) is 63.9 Å². The SMILES string of the molecule is N#Cc1cc(F)cc(COc2c(Cl)cccc2C=O)c1. The van der Waals surface area contributed by atoms with Crippen LogP contribution in [0.15, 0.2) is 36.4 Å². The number of nitrogens with zero attached hydrogens (tertiary/aromatic N) is 1. The summed E-state index contributed by atoms with van der Waals surface area (Å²) in [6.07, 6.45) is 0.632. The van der Waals surface area contributed by atoms with Crippen molar-refractivity contribution in [2.24, 2.45) is 0 Å². The third-order valence-electron chi connectivity index (χ3n) is 2.59. The first kappa shape index (κ1) is 14.0. The van der Waals surface area contributed by atoms with Gasteiger partial charge in [0.15, 0.2) is 6.29 Å². The minimum atomic E-state index is -0.516. The van der Waals surface area contributed by atoms with Gasteiger partial charge in [0.05, 0.1) is 22.2 Å². The van der Waals surface area contributed by atoms with Gasteiger partial charge in [0.25, 0.3) is 0 Å². The van der Waals surface area contributed by atoms with Crippen molar-refractivity contribution >= 4 is 17.9 Å². The Labute approximate surface area is 120 Å². The number of rotatable bonds is 4. The van der Waals surface area contributed by atoms with E-state index < -0.39 is 5.82 Å². The van der Waals surface area contributed by atoms with Gasteiger partial charge in [-0.25, -0.2) is 4.39 Å². The molecule has 100 valence electrons. The van der Waals surface area contributed by atoms with Crippen LogP contribution in [-0.2, 0) is 6.61 Å². The second-order valence-corrected chi connectivity index (χ2v) is 4.43. The quantitative estimate of drug-likeness (QED) is 0.806. The summed E-state index contributed by atoms with van der Waals surface area (Å²) in [5.74, 6) is -0.274. The fourth-order valence-corrected chi connectivity index (χ4v) is 1.96. The Bertz CT molecular complexity index is 695. The average molecular weight is 290 g/mol. The first-order valence-corrected chi connectivity index (χ1v) is 6.08. The maximum Gasteiger partial charge on any atom is 0.153 e. The van der Waals surface area contributed by atoms with Gasteiger partial charge in [-0.15, -0.1) is 0 Å². The van der Waals surface area contributed by atoms with Crippen molar-refractivity contribution in [2.75, 3.05) is 0 Å². The summed E-state index contributed by atoms with van der Waals surface area (Å²) in [4.78, 5) is 10.9. The summed E-state index contributed by atoms with van der Waals surface area (Å²) in [6, 6.07) is 10.6. The highest BCUT2D eigenvalue weighted by molar-refractivity contribution is 6.32. The van der Waals surface area contributed by atoms with E-state index in [-0.39, 0.29) is 17.9 Å². The molecule has 0 bridgehead atoms. The van der Waals surface area contributed by atoms with Gasteiger partial charge in [0, 0.05) is 0 Å². The lowest BCUT2D eigenvalue weighted by atomic mass is 10.1. The number of carbonyl (C=O) groups excluding carboxylic acids is 1. The predicted molar refractivity (Wildman–Crippen MR) is 72.3 cm³/mol. The van der Waals surface area contributed by atoms with Gasteiger partial charge in [-0.2, -0.15) is 5.26 Å². The van der Waals surface area contributed by atoms with Crippen LogP contribution < -0.4 is 4.74 Å². The number of hydrogen-bond donors (Lipinski definition) is 0. The highest BCUT2D eigenvalue weighted by Crippen LogP contribution is 2.28. The molecule has 3 nitrogen and oxygen atoms in total. The van der Waals surface area contributed by atoms with E-state index in [0.717, 1.165) is 6.07 Å². The number of halogens is 2. The maximum absolute atomic E-state index is 13.3. The van der Waals surface area contributed by atoms with E-state index in [1.165, 1.54) is 12.1 Å². The smallest absolute Gasteiger partial charge is 0.153 e. The second-order valence-electron chi connectivity index (χ2n) is 4.02. The zero-order valence-corrected chi connectivity index (χ0v) is 11.0. The molecule has 2 aromatic carbocycles. The van der Waals surface area contributed by atoms with Crippen molar-refractivity contribution in [3.8, 4) is 11.8 Å². The Morgan fingerprint density at radius 3 is 2.85 bits per heavy atom. The van der Waals surface area contributed by atoms with E-state index in [4.69, 9.17) is 21.6 Å². The van der Waals surface area contributed by atoms with Gasteiger partial charge in [-0.05, 0) is 35.9 Å². The number of para-hydroxylation sites is 1. The van der Waals surface area contributed by atoms with Crippen LogP contribution in [0, 0.1) is 17.1 Å². The molecule has 0 unspecified atom stereocenters. The van der Waals surface area contributed by atoms with Crippen LogP contribution in [0.4, 0.5) is 4.39 Å². The lowest BCUT2D eigenvalue weighted by Gasteiger charge is -2.10. The molecule has 2 aromatic rings. The van der Waals surface area contributed by atoms with Gasteiger partial charge in [-0.3, -0.25) is 4.79 Å². The van der Waals surface area contributed by atoms with Crippen molar-refractivity contribution in [1.29, 1.82) is 5.26 Å². The first-order chi connectivity index (χ1) is 9.63. The molecular weight excluding hydrogens is 281 g/mol. The van der Waals surface area contributed by atoms with Crippen molar-refractivity contribution < 1.29 is 13.9 Å². The Morgan fingerprint density at radius 1 is 1.35 bits per heavy atom. The number of benzene rings is 2. The van der Waals surface area contributed by atoms with Gasteiger partial charge in [0.2, 0.25) is 0 Å². The molecule has 0 fully saturated rings. The largest absolute Gasteiger partial charge is 0.487 e. The number of aldehydes is 1. The molecule has 0 aliphatic rings. The molecule has 0 radical (unpaired) electrons. The summed E-state index contributed by atoms with van der Waals surface area (Å²) in [5.41, 5.74) is 1.01. The van der Waals surface area contributed by atoms with Crippen LogP contribution in [0.25, 0.3) is 0 Å². The lowest BCUT2D eigenvalue weighted by molar-refractivity contribution is 0.111. The summed E-state index contributed by atoms with van der Waals surface area (Å²) in [7, 11) is 0. The second kappa shape index (κ2) is 6.18. The summed E-state index contributed by atoms with van der Waals surface area (Å²) < 4.78 is 18.7. The van der Waals surface area contributed by atoms with E-state index in [9.17, 15) is 9.18 Å². The van der Waals surface area contributed by atoms with Gasteiger partial charge in [-0.1, -0.05) is 17.7 Å². The standard InChI is InChI=1S/C15H9ClFNO2/c16-14-3-1-2-12(8-19)15(14)20-9-11-4-10(7-18)5-13(17)6-11/h1-6,8H,9H2. The molecule has 0 heterocycles. The molecule has 2 rings (SSSR count). The van der Waals surface area contributed by atoms with Crippen LogP contribution in [0.5, 0.6) is 5.75 Å². The van der Waals surface area contributed by atoms with E-state index in [0.29, 0.717) is 22.4 Å². The van der Waals surface area contributed by atoms with Crippen LogP contribution in [0.2, 0.25) is 5.02 Å². The Balaban J connectivity index is 2.23. The molecule has 0 amide bonds. The van der Waals surface area contributed by atoms with Crippen molar-refractivity contribution in [3.63, 3.8) is 0 Å². The van der Waals surface area contributed by atoms with E-state index >= 15 is 0 Å². The minimum Gasteiger partial charge on any atom is -0.487 e. The molecule has 0 aliphatic heterocycles. The zero-order chi connectivity index (χ0) is 14.5. The maximum atomic E-state index is 13.3. The third kappa shape index (κ3) is 3.14. The molecule has 20 heavy (non-hydrogen) atoms. The Morgan fingerprint density at radius 2 is 2.15 bits per heavy atom. The molecule has 0 N–H and O–H groups in total. The predicted octanol–water partition coefficient (Wildman–Crippen LogP) is 3.74. The van der Waals surface area contributed by atoms with E-state index in [2.05, 4.69) is 0 Å². The molecule has 0 aliphatic carbocycles. The van der Waals surface area contributed by atoms with Crippen LogP contribution >= 0.6 is 11.6 Å². The summed E-state index contributed by atoms with van der Waals surface area (Å²) >= 11 is 5.95. The fourth-order valence-electron chi connectivity index (χ4n) is 1.72. The Kier molecular flexibility index (Phi) is 4.34. The van der Waals surface area contributed by atoms with Gasteiger partial charge in [0.1, 0.15) is 18.2 Å². The van der Waals surface area contributed by atoms with Crippen LogP contribution in [0.3, 0.4) is 0 Å². The van der Waals surface area contributed by atoms with E-state index in [1.807, 2.05) is 6.07 Å². The van der Waals surface area contributed by atoms with Gasteiger partial charge >= 0.3 is 0 Å². The van der Waals surface area contributed by atoms with Crippen molar-refractivity contribution in [2.45, 2.75) is 6.61 Å². The molecular formula is C15H9ClFNO2. The van der Waals surface area contributed by atoms with Crippen LogP contribution in [0.1, 0.15) is 21.5 Å².